The van der Waals surface area contributed by atoms with E-state index >= 15 is 0 Å². The van der Waals surface area contributed by atoms with Crippen molar-refractivity contribution in [3.63, 3.8) is 0 Å². The van der Waals surface area contributed by atoms with Crippen molar-refractivity contribution >= 4 is 33.7 Å². The van der Waals surface area contributed by atoms with Gasteiger partial charge in [0.25, 0.3) is 0 Å². The second kappa shape index (κ2) is 6.90. The lowest BCUT2D eigenvalue weighted by molar-refractivity contribution is -0.131. The smallest absolute Gasteiger partial charge is 0.328 e. The lowest BCUT2D eigenvalue weighted by Crippen LogP contribution is -2.28. The summed E-state index contributed by atoms with van der Waals surface area (Å²) in [7, 11) is 2.04. The zero-order chi connectivity index (χ0) is 14.5. The van der Waals surface area contributed by atoms with Gasteiger partial charge in [-0.05, 0) is 52.5 Å². The topological polar surface area (TPSA) is 49.8 Å². The summed E-state index contributed by atoms with van der Waals surface area (Å²) in [4.78, 5) is 12.7. The Morgan fingerprint density at radius 2 is 2.40 bits per heavy atom. The van der Waals surface area contributed by atoms with E-state index in [1.807, 2.05) is 25.2 Å². The van der Waals surface area contributed by atoms with Gasteiger partial charge in [0, 0.05) is 30.7 Å². The Balaban J connectivity index is 2.06. The number of likely N-dealkylation sites (N-methyl/N-ethyl adjacent to an activating group) is 1. The summed E-state index contributed by atoms with van der Waals surface area (Å²) in [5, 5.41) is 8.63. The van der Waals surface area contributed by atoms with Crippen molar-refractivity contribution in [1.82, 2.24) is 0 Å². The van der Waals surface area contributed by atoms with Crippen LogP contribution in [0.2, 0.25) is 0 Å². The maximum Gasteiger partial charge on any atom is 0.328 e. The molecule has 0 bridgehead atoms. The van der Waals surface area contributed by atoms with Crippen LogP contribution in [0.5, 0.6) is 0 Å². The molecule has 1 heterocycles. The van der Waals surface area contributed by atoms with Crippen LogP contribution in [-0.2, 0) is 9.53 Å². The maximum absolute atomic E-state index is 10.5. The van der Waals surface area contributed by atoms with E-state index in [4.69, 9.17) is 9.84 Å². The Kier molecular flexibility index (Phi) is 5.20. The maximum atomic E-state index is 10.5. The standard InChI is InChI=1S/C15H18BrNO3/c1-17(10-12-3-2-8-20-12)14-6-4-11(9-13(14)16)5-7-15(18)19/h4-7,9,12H,2-3,8,10H2,1H3,(H,18,19)/b7-5+. The van der Waals surface area contributed by atoms with Crippen LogP contribution in [0.3, 0.4) is 0 Å². The summed E-state index contributed by atoms with van der Waals surface area (Å²) in [5.74, 6) is -0.944. The fourth-order valence-electron chi connectivity index (χ4n) is 2.30. The summed E-state index contributed by atoms with van der Waals surface area (Å²) in [5.41, 5.74) is 1.93. The second-order valence-corrected chi connectivity index (χ2v) is 5.75. The summed E-state index contributed by atoms with van der Waals surface area (Å²) in [6.45, 7) is 1.72. The van der Waals surface area contributed by atoms with Crippen LogP contribution < -0.4 is 4.90 Å². The highest BCUT2D eigenvalue weighted by Gasteiger charge is 2.18. The Labute approximate surface area is 127 Å². The van der Waals surface area contributed by atoms with Gasteiger partial charge >= 0.3 is 5.97 Å². The van der Waals surface area contributed by atoms with E-state index in [1.54, 1.807) is 6.08 Å². The van der Waals surface area contributed by atoms with Gasteiger partial charge in [-0.1, -0.05) is 6.07 Å². The first-order valence-corrected chi connectivity index (χ1v) is 7.39. The zero-order valence-corrected chi connectivity index (χ0v) is 13.0. The molecule has 108 valence electrons. The zero-order valence-electron chi connectivity index (χ0n) is 11.4. The van der Waals surface area contributed by atoms with Crippen LogP contribution >= 0.6 is 15.9 Å². The Morgan fingerprint density at radius 1 is 1.60 bits per heavy atom. The number of carboxylic acid groups (broad SMARTS) is 1. The molecule has 1 fully saturated rings. The molecule has 1 aliphatic rings. The van der Waals surface area contributed by atoms with Crippen LogP contribution in [0.1, 0.15) is 18.4 Å². The molecule has 0 amide bonds. The van der Waals surface area contributed by atoms with Crippen molar-refractivity contribution < 1.29 is 14.6 Å². The number of ether oxygens (including phenoxy) is 1. The van der Waals surface area contributed by atoms with Crippen molar-refractivity contribution in [3.05, 3.63) is 34.3 Å². The van der Waals surface area contributed by atoms with Crippen molar-refractivity contribution in [2.24, 2.45) is 0 Å². The lowest BCUT2D eigenvalue weighted by atomic mass is 10.1. The molecule has 2 rings (SSSR count). The van der Waals surface area contributed by atoms with Crippen molar-refractivity contribution in [2.45, 2.75) is 18.9 Å². The Morgan fingerprint density at radius 3 is 3.00 bits per heavy atom. The Hall–Kier alpha value is -1.33. The van der Waals surface area contributed by atoms with Crippen molar-refractivity contribution in [3.8, 4) is 0 Å². The summed E-state index contributed by atoms with van der Waals surface area (Å²) < 4.78 is 6.59. The number of benzene rings is 1. The van der Waals surface area contributed by atoms with Crippen LogP contribution in [-0.4, -0.2) is 37.4 Å². The van der Waals surface area contributed by atoms with Gasteiger partial charge in [0.05, 0.1) is 11.8 Å². The molecule has 1 saturated heterocycles. The molecule has 20 heavy (non-hydrogen) atoms. The molecule has 1 N–H and O–H groups in total. The molecule has 0 spiro atoms. The molecule has 0 aromatic heterocycles. The molecule has 1 atom stereocenters. The van der Waals surface area contributed by atoms with Gasteiger partial charge in [-0.2, -0.15) is 0 Å². The quantitative estimate of drug-likeness (QED) is 0.837. The van der Waals surface area contributed by atoms with Gasteiger partial charge in [0.15, 0.2) is 0 Å². The highest BCUT2D eigenvalue weighted by molar-refractivity contribution is 9.10. The molecule has 0 aliphatic carbocycles. The molecule has 1 aromatic carbocycles. The van der Waals surface area contributed by atoms with E-state index in [9.17, 15) is 4.79 Å². The summed E-state index contributed by atoms with van der Waals surface area (Å²) >= 11 is 3.54. The lowest BCUT2D eigenvalue weighted by Gasteiger charge is -2.24. The minimum absolute atomic E-state index is 0.304. The molecule has 0 saturated carbocycles. The number of hydrogen-bond acceptors (Lipinski definition) is 3. The molecule has 5 heteroatoms. The van der Waals surface area contributed by atoms with Gasteiger partial charge in [-0.3, -0.25) is 0 Å². The number of halogens is 1. The van der Waals surface area contributed by atoms with Gasteiger partial charge in [0.2, 0.25) is 0 Å². The van der Waals surface area contributed by atoms with E-state index in [0.717, 1.165) is 47.8 Å². The number of anilines is 1. The minimum Gasteiger partial charge on any atom is -0.478 e. The SMILES string of the molecule is CN(CC1CCCO1)c1ccc(/C=C/C(=O)O)cc1Br. The monoisotopic (exact) mass is 339 g/mol. The fraction of sp³-hybridized carbons (Fsp3) is 0.400. The highest BCUT2D eigenvalue weighted by atomic mass is 79.9. The van der Waals surface area contributed by atoms with Crippen LogP contribution in [0, 0.1) is 0 Å². The average molecular weight is 340 g/mol. The van der Waals surface area contributed by atoms with Gasteiger partial charge in [-0.15, -0.1) is 0 Å². The fourth-order valence-corrected chi connectivity index (χ4v) is 3.00. The van der Waals surface area contributed by atoms with Gasteiger partial charge < -0.3 is 14.7 Å². The highest BCUT2D eigenvalue weighted by Crippen LogP contribution is 2.28. The first-order valence-electron chi connectivity index (χ1n) is 6.59. The minimum atomic E-state index is -0.944. The second-order valence-electron chi connectivity index (χ2n) is 4.90. The average Bonchev–Trinajstić information content (AvgIpc) is 2.89. The third kappa shape index (κ3) is 4.08. The third-order valence-electron chi connectivity index (χ3n) is 3.30. The molecule has 1 aromatic rings. The number of rotatable bonds is 5. The van der Waals surface area contributed by atoms with Crippen LogP contribution in [0.4, 0.5) is 5.69 Å². The molecule has 0 radical (unpaired) electrons. The van der Waals surface area contributed by atoms with Crippen LogP contribution in [0.25, 0.3) is 6.08 Å². The van der Waals surface area contributed by atoms with Crippen LogP contribution in [0.15, 0.2) is 28.7 Å². The number of hydrogen-bond donors (Lipinski definition) is 1. The number of nitrogens with zero attached hydrogens (tertiary/aromatic N) is 1. The van der Waals surface area contributed by atoms with E-state index in [0.29, 0.717) is 6.10 Å². The normalized spacial score (nSPS) is 18.6. The third-order valence-corrected chi connectivity index (χ3v) is 3.94. The summed E-state index contributed by atoms with van der Waals surface area (Å²) in [6, 6.07) is 5.81. The largest absolute Gasteiger partial charge is 0.478 e. The number of carbonyl (C=O) groups is 1. The summed E-state index contributed by atoms with van der Waals surface area (Å²) in [6.07, 6.45) is 5.27. The van der Waals surface area contributed by atoms with E-state index < -0.39 is 5.97 Å². The molecule has 1 aliphatic heterocycles. The number of aliphatic carboxylic acids is 1. The number of carboxylic acids is 1. The molecular formula is C15H18BrNO3. The molecule has 4 nitrogen and oxygen atoms in total. The van der Waals surface area contributed by atoms with E-state index in [-0.39, 0.29) is 0 Å². The van der Waals surface area contributed by atoms with Gasteiger partial charge in [-0.25, -0.2) is 4.79 Å². The predicted molar refractivity (Wildman–Crippen MR) is 83.1 cm³/mol. The first kappa shape index (κ1) is 15.1. The van der Waals surface area contributed by atoms with E-state index in [2.05, 4.69) is 20.8 Å². The first-order chi connectivity index (χ1) is 9.56. The van der Waals surface area contributed by atoms with Gasteiger partial charge in [0.1, 0.15) is 0 Å². The van der Waals surface area contributed by atoms with Crippen molar-refractivity contribution in [2.75, 3.05) is 25.1 Å². The molecule has 1 unspecified atom stereocenters. The molecular weight excluding hydrogens is 322 g/mol. The van der Waals surface area contributed by atoms with Crippen molar-refractivity contribution in [1.29, 1.82) is 0 Å². The Bertz CT molecular complexity index is 510. The predicted octanol–water partition coefficient (Wildman–Crippen LogP) is 3.16. The van der Waals surface area contributed by atoms with E-state index in [1.165, 1.54) is 0 Å².